The Morgan fingerprint density at radius 3 is 2.63 bits per heavy atom. The Bertz CT molecular complexity index is 622. The molecule has 1 amide bonds. The molecule has 2 heterocycles. The van der Waals surface area contributed by atoms with Gasteiger partial charge in [-0.1, -0.05) is 20.8 Å². The first-order chi connectivity index (χ1) is 8.80. The van der Waals surface area contributed by atoms with E-state index in [0.29, 0.717) is 6.54 Å². The standard InChI is InChI=1S/C14H20N4O/c1-8-10(6-15-13(19)14(3,4)5)12-11(7-16-18-12)9(2)17-8/h7H,6H2,1-5H3,(H,15,19)(H,16,18). The minimum atomic E-state index is -0.390. The lowest BCUT2D eigenvalue weighted by Crippen LogP contribution is -2.34. The highest BCUT2D eigenvalue weighted by Gasteiger charge is 2.21. The van der Waals surface area contributed by atoms with Gasteiger partial charge in [0.1, 0.15) is 0 Å². The third-order valence-corrected chi connectivity index (χ3v) is 3.21. The molecule has 0 aromatic carbocycles. The lowest BCUT2D eigenvalue weighted by Gasteiger charge is -2.18. The van der Waals surface area contributed by atoms with Crippen molar-refractivity contribution in [1.29, 1.82) is 0 Å². The summed E-state index contributed by atoms with van der Waals surface area (Å²) >= 11 is 0. The normalized spacial score (nSPS) is 11.8. The van der Waals surface area contributed by atoms with Crippen LogP contribution in [0.1, 0.15) is 37.7 Å². The molecular formula is C14H20N4O. The number of carbonyl (C=O) groups excluding carboxylic acids is 1. The number of fused-ring (bicyclic) bond motifs is 1. The van der Waals surface area contributed by atoms with Gasteiger partial charge in [0.25, 0.3) is 0 Å². The van der Waals surface area contributed by atoms with Crippen LogP contribution in [0.5, 0.6) is 0 Å². The van der Waals surface area contributed by atoms with E-state index in [2.05, 4.69) is 20.5 Å². The highest BCUT2D eigenvalue weighted by molar-refractivity contribution is 5.85. The maximum Gasteiger partial charge on any atom is 0.225 e. The number of hydrogen-bond acceptors (Lipinski definition) is 3. The molecule has 102 valence electrons. The number of nitrogens with zero attached hydrogens (tertiary/aromatic N) is 2. The van der Waals surface area contributed by atoms with Crippen molar-refractivity contribution in [2.75, 3.05) is 0 Å². The molecule has 0 atom stereocenters. The number of nitrogens with one attached hydrogen (secondary N) is 2. The first kappa shape index (κ1) is 13.5. The van der Waals surface area contributed by atoms with Crippen molar-refractivity contribution in [3.8, 4) is 0 Å². The van der Waals surface area contributed by atoms with Crippen molar-refractivity contribution in [2.24, 2.45) is 5.41 Å². The van der Waals surface area contributed by atoms with Gasteiger partial charge < -0.3 is 5.32 Å². The zero-order chi connectivity index (χ0) is 14.2. The quantitative estimate of drug-likeness (QED) is 0.870. The third-order valence-electron chi connectivity index (χ3n) is 3.21. The van der Waals surface area contributed by atoms with Gasteiger partial charge >= 0.3 is 0 Å². The first-order valence-electron chi connectivity index (χ1n) is 6.38. The smallest absolute Gasteiger partial charge is 0.225 e. The summed E-state index contributed by atoms with van der Waals surface area (Å²) in [7, 11) is 0. The molecule has 0 unspecified atom stereocenters. The molecular weight excluding hydrogens is 240 g/mol. The van der Waals surface area contributed by atoms with E-state index in [4.69, 9.17) is 0 Å². The fourth-order valence-corrected chi connectivity index (χ4v) is 2.00. The van der Waals surface area contributed by atoms with Gasteiger partial charge in [0.15, 0.2) is 0 Å². The number of aryl methyl sites for hydroxylation is 2. The van der Waals surface area contributed by atoms with Crippen LogP contribution in [0.3, 0.4) is 0 Å². The SMILES string of the molecule is Cc1nc(C)c2cn[nH]c2c1CNC(=O)C(C)(C)C. The molecule has 0 radical (unpaired) electrons. The number of H-pyrrole nitrogens is 1. The van der Waals surface area contributed by atoms with E-state index < -0.39 is 0 Å². The summed E-state index contributed by atoms with van der Waals surface area (Å²) in [5, 5.41) is 11.0. The molecule has 2 aromatic rings. The van der Waals surface area contributed by atoms with Crippen LogP contribution in [0, 0.1) is 19.3 Å². The average molecular weight is 260 g/mol. The minimum absolute atomic E-state index is 0.0279. The maximum absolute atomic E-state index is 11.9. The van der Waals surface area contributed by atoms with Crippen molar-refractivity contribution < 1.29 is 4.79 Å². The van der Waals surface area contributed by atoms with Crippen molar-refractivity contribution in [3.05, 3.63) is 23.1 Å². The van der Waals surface area contributed by atoms with Gasteiger partial charge in [-0.05, 0) is 13.8 Å². The topological polar surface area (TPSA) is 70.7 Å². The summed E-state index contributed by atoms with van der Waals surface area (Å²) in [5.74, 6) is 0.0279. The first-order valence-corrected chi connectivity index (χ1v) is 6.38. The van der Waals surface area contributed by atoms with Gasteiger partial charge in [0.2, 0.25) is 5.91 Å². The van der Waals surface area contributed by atoms with E-state index >= 15 is 0 Å². The largest absolute Gasteiger partial charge is 0.351 e. The Balaban J connectivity index is 2.31. The molecule has 0 bridgehead atoms. The molecule has 0 saturated carbocycles. The zero-order valence-corrected chi connectivity index (χ0v) is 12.1. The van der Waals surface area contributed by atoms with Crippen LogP contribution in [0.25, 0.3) is 10.9 Å². The number of aromatic amines is 1. The lowest BCUT2D eigenvalue weighted by molar-refractivity contribution is -0.128. The van der Waals surface area contributed by atoms with Gasteiger partial charge in [-0.25, -0.2) is 0 Å². The summed E-state index contributed by atoms with van der Waals surface area (Å²) in [6, 6.07) is 0. The van der Waals surface area contributed by atoms with E-state index in [-0.39, 0.29) is 11.3 Å². The molecule has 2 rings (SSSR count). The van der Waals surface area contributed by atoms with E-state index in [1.54, 1.807) is 6.20 Å². The number of rotatable bonds is 2. The van der Waals surface area contributed by atoms with E-state index in [1.807, 2.05) is 34.6 Å². The van der Waals surface area contributed by atoms with Gasteiger partial charge in [-0.15, -0.1) is 0 Å². The number of carbonyl (C=O) groups is 1. The van der Waals surface area contributed by atoms with Crippen molar-refractivity contribution in [3.63, 3.8) is 0 Å². The number of hydrogen-bond donors (Lipinski definition) is 2. The summed E-state index contributed by atoms with van der Waals surface area (Å²) < 4.78 is 0. The molecule has 5 nitrogen and oxygen atoms in total. The summed E-state index contributed by atoms with van der Waals surface area (Å²) in [4.78, 5) is 16.4. The fraction of sp³-hybridized carbons (Fsp3) is 0.500. The van der Waals surface area contributed by atoms with Crippen molar-refractivity contribution >= 4 is 16.8 Å². The molecule has 0 aliphatic rings. The highest BCUT2D eigenvalue weighted by Crippen LogP contribution is 2.21. The molecule has 0 saturated heterocycles. The number of pyridine rings is 1. The Morgan fingerprint density at radius 2 is 2.00 bits per heavy atom. The van der Waals surface area contributed by atoms with E-state index in [0.717, 1.165) is 27.9 Å². The second-order valence-corrected chi connectivity index (χ2v) is 5.85. The minimum Gasteiger partial charge on any atom is -0.351 e. The lowest BCUT2D eigenvalue weighted by atomic mass is 9.95. The predicted octanol–water partition coefficient (Wildman–Crippen LogP) is 2.24. The van der Waals surface area contributed by atoms with Crippen LogP contribution in [-0.2, 0) is 11.3 Å². The maximum atomic E-state index is 11.9. The van der Waals surface area contributed by atoms with Gasteiger partial charge in [0.05, 0.1) is 11.7 Å². The number of amides is 1. The Labute approximate surface area is 112 Å². The zero-order valence-electron chi connectivity index (χ0n) is 12.1. The van der Waals surface area contributed by atoms with Crippen LogP contribution >= 0.6 is 0 Å². The number of aromatic nitrogens is 3. The summed E-state index contributed by atoms with van der Waals surface area (Å²) in [5.41, 5.74) is 3.43. The molecule has 0 fully saturated rings. The summed E-state index contributed by atoms with van der Waals surface area (Å²) in [6.07, 6.45) is 1.77. The van der Waals surface area contributed by atoms with Crippen LogP contribution in [0.4, 0.5) is 0 Å². The Kier molecular flexibility index (Phi) is 3.30. The third kappa shape index (κ3) is 2.59. The Morgan fingerprint density at radius 1 is 1.32 bits per heavy atom. The second kappa shape index (κ2) is 4.64. The monoisotopic (exact) mass is 260 g/mol. The van der Waals surface area contributed by atoms with Crippen LogP contribution in [-0.4, -0.2) is 21.1 Å². The molecule has 19 heavy (non-hydrogen) atoms. The van der Waals surface area contributed by atoms with E-state index in [1.165, 1.54) is 0 Å². The predicted molar refractivity (Wildman–Crippen MR) is 74.7 cm³/mol. The fourth-order valence-electron chi connectivity index (χ4n) is 2.00. The van der Waals surface area contributed by atoms with Gasteiger partial charge in [-0.3, -0.25) is 14.9 Å². The molecule has 0 aliphatic heterocycles. The van der Waals surface area contributed by atoms with Gasteiger partial charge in [-0.2, -0.15) is 5.10 Å². The molecule has 5 heteroatoms. The van der Waals surface area contributed by atoms with Crippen LogP contribution < -0.4 is 5.32 Å². The molecule has 0 spiro atoms. The van der Waals surface area contributed by atoms with Crippen LogP contribution in [0.15, 0.2) is 6.20 Å². The Hall–Kier alpha value is -1.91. The van der Waals surface area contributed by atoms with Gasteiger partial charge in [0, 0.05) is 34.3 Å². The summed E-state index contributed by atoms with van der Waals surface area (Å²) in [6.45, 7) is 10.1. The van der Waals surface area contributed by atoms with Crippen molar-refractivity contribution in [1.82, 2.24) is 20.5 Å². The van der Waals surface area contributed by atoms with E-state index in [9.17, 15) is 4.79 Å². The molecule has 0 aliphatic carbocycles. The highest BCUT2D eigenvalue weighted by atomic mass is 16.2. The second-order valence-electron chi connectivity index (χ2n) is 5.85. The van der Waals surface area contributed by atoms with Crippen LogP contribution in [0.2, 0.25) is 0 Å². The average Bonchev–Trinajstić information content (AvgIpc) is 2.76. The molecule has 2 N–H and O–H groups in total. The van der Waals surface area contributed by atoms with Crippen molar-refractivity contribution in [2.45, 2.75) is 41.2 Å². The molecule has 2 aromatic heterocycles.